The van der Waals surface area contributed by atoms with Crippen molar-refractivity contribution in [3.8, 4) is 11.1 Å². The van der Waals surface area contributed by atoms with E-state index in [0.717, 1.165) is 0 Å². The summed E-state index contributed by atoms with van der Waals surface area (Å²) in [7, 11) is 0. The van der Waals surface area contributed by atoms with Crippen LogP contribution in [-0.4, -0.2) is 0 Å². The molecule has 0 N–H and O–H groups in total. The van der Waals surface area contributed by atoms with Crippen molar-refractivity contribution in [3.63, 3.8) is 0 Å². The molecule has 0 radical (unpaired) electrons. The highest BCUT2D eigenvalue weighted by atomic mass is 14.1. The van der Waals surface area contributed by atoms with Crippen LogP contribution < -0.4 is 0 Å². The van der Waals surface area contributed by atoms with Crippen molar-refractivity contribution in [2.24, 2.45) is 0 Å². The highest BCUT2D eigenvalue weighted by Gasteiger charge is 2.06. The molecule has 0 amide bonds. The molecule has 0 saturated heterocycles. The van der Waals surface area contributed by atoms with E-state index in [-0.39, 0.29) is 0 Å². The van der Waals surface area contributed by atoms with Gasteiger partial charge in [0, 0.05) is 0 Å². The van der Waals surface area contributed by atoms with Crippen molar-refractivity contribution in [1.29, 1.82) is 0 Å². The normalized spacial score (nSPS) is 11.0. The highest BCUT2D eigenvalue weighted by molar-refractivity contribution is 6.05. The average molecular weight is 254 g/mol. The minimum Gasteiger partial charge on any atom is -0.0616 e. The SMILES string of the molecule is c1ccc2c(-c3cccc4ccccc34)cccc2c1. The van der Waals surface area contributed by atoms with E-state index in [9.17, 15) is 0 Å². The van der Waals surface area contributed by atoms with Gasteiger partial charge in [-0.2, -0.15) is 0 Å². The number of hydrogen-bond donors (Lipinski definition) is 0. The maximum absolute atomic E-state index is 2.21. The zero-order valence-electron chi connectivity index (χ0n) is 11.1. The van der Waals surface area contributed by atoms with Crippen molar-refractivity contribution in [3.05, 3.63) is 84.9 Å². The Kier molecular flexibility index (Phi) is 2.53. The smallest absolute Gasteiger partial charge is 0.00992 e. The average Bonchev–Trinajstić information content (AvgIpc) is 2.54. The molecule has 0 nitrogen and oxygen atoms in total. The van der Waals surface area contributed by atoms with Crippen LogP contribution in [-0.2, 0) is 0 Å². The van der Waals surface area contributed by atoms with Gasteiger partial charge in [0.05, 0.1) is 0 Å². The van der Waals surface area contributed by atoms with Crippen LogP contribution in [0.15, 0.2) is 84.9 Å². The summed E-state index contributed by atoms with van der Waals surface area (Å²) in [5, 5.41) is 5.20. The molecule has 0 spiro atoms. The lowest BCUT2D eigenvalue weighted by atomic mass is 9.94. The maximum atomic E-state index is 2.21. The first-order valence-electron chi connectivity index (χ1n) is 6.89. The Balaban J connectivity index is 2.12. The summed E-state index contributed by atoms with van der Waals surface area (Å²) in [5.41, 5.74) is 2.61. The number of benzene rings is 4. The molecule has 0 fully saturated rings. The lowest BCUT2D eigenvalue weighted by Gasteiger charge is -2.10. The van der Waals surface area contributed by atoms with Crippen LogP contribution in [0.1, 0.15) is 0 Å². The zero-order chi connectivity index (χ0) is 13.4. The largest absolute Gasteiger partial charge is 0.0616 e. The van der Waals surface area contributed by atoms with Crippen LogP contribution >= 0.6 is 0 Å². The fourth-order valence-corrected chi connectivity index (χ4v) is 2.92. The Labute approximate surface area is 118 Å². The number of hydrogen-bond acceptors (Lipinski definition) is 0. The molecule has 0 heterocycles. The summed E-state index contributed by atoms with van der Waals surface area (Å²) in [6, 6.07) is 30.2. The third-order valence-electron chi connectivity index (χ3n) is 3.87. The van der Waals surface area contributed by atoms with Gasteiger partial charge in [-0.15, -0.1) is 0 Å². The molecule has 0 heteroatoms. The Bertz CT molecular complexity index is 816. The second-order valence-corrected chi connectivity index (χ2v) is 5.05. The van der Waals surface area contributed by atoms with Crippen LogP contribution in [0.4, 0.5) is 0 Å². The van der Waals surface area contributed by atoms with E-state index in [1.807, 2.05) is 0 Å². The molecule has 0 aromatic heterocycles. The van der Waals surface area contributed by atoms with Gasteiger partial charge in [0.1, 0.15) is 0 Å². The molecular formula is C20H14. The Hall–Kier alpha value is -2.60. The van der Waals surface area contributed by atoms with Gasteiger partial charge < -0.3 is 0 Å². The van der Waals surface area contributed by atoms with Gasteiger partial charge in [0.25, 0.3) is 0 Å². The van der Waals surface area contributed by atoms with Gasteiger partial charge in [-0.3, -0.25) is 0 Å². The van der Waals surface area contributed by atoms with Crippen LogP contribution in [0.2, 0.25) is 0 Å². The maximum Gasteiger partial charge on any atom is -0.00992 e. The third kappa shape index (κ3) is 1.70. The first-order valence-corrected chi connectivity index (χ1v) is 6.89. The topological polar surface area (TPSA) is 0 Å². The first kappa shape index (κ1) is 11.2. The molecule has 4 aromatic carbocycles. The molecule has 0 atom stereocenters. The van der Waals surface area contributed by atoms with Crippen molar-refractivity contribution < 1.29 is 0 Å². The second-order valence-electron chi connectivity index (χ2n) is 5.05. The molecule has 20 heavy (non-hydrogen) atoms. The lowest BCUT2D eigenvalue weighted by Crippen LogP contribution is -1.83. The molecule has 94 valence electrons. The predicted octanol–water partition coefficient (Wildman–Crippen LogP) is 5.66. The number of fused-ring (bicyclic) bond motifs is 2. The van der Waals surface area contributed by atoms with Gasteiger partial charge in [-0.05, 0) is 32.7 Å². The predicted molar refractivity (Wildman–Crippen MR) is 86.9 cm³/mol. The molecular weight excluding hydrogens is 240 g/mol. The van der Waals surface area contributed by atoms with Gasteiger partial charge in [0.2, 0.25) is 0 Å². The van der Waals surface area contributed by atoms with Crippen molar-refractivity contribution in [2.75, 3.05) is 0 Å². The van der Waals surface area contributed by atoms with E-state index in [4.69, 9.17) is 0 Å². The summed E-state index contributed by atoms with van der Waals surface area (Å²) in [6.07, 6.45) is 0. The van der Waals surface area contributed by atoms with Crippen molar-refractivity contribution in [1.82, 2.24) is 0 Å². The highest BCUT2D eigenvalue weighted by Crippen LogP contribution is 2.33. The minimum atomic E-state index is 1.29. The van der Waals surface area contributed by atoms with E-state index in [1.165, 1.54) is 32.7 Å². The summed E-state index contributed by atoms with van der Waals surface area (Å²) >= 11 is 0. The van der Waals surface area contributed by atoms with E-state index in [0.29, 0.717) is 0 Å². The fraction of sp³-hybridized carbons (Fsp3) is 0. The van der Waals surface area contributed by atoms with E-state index < -0.39 is 0 Å². The lowest BCUT2D eigenvalue weighted by molar-refractivity contribution is 1.68. The Morgan fingerprint density at radius 1 is 0.350 bits per heavy atom. The molecule has 0 aliphatic carbocycles. The first-order chi connectivity index (χ1) is 9.93. The summed E-state index contributed by atoms with van der Waals surface area (Å²) in [5.74, 6) is 0. The van der Waals surface area contributed by atoms with E-state index >= 15 is 0 Å². The summed E-state index contributed by atoms with van der Waals surface area (Å²) in [6.45, 7) is 0. The molecule has 0 saturated carbocycles. The Morgan fingerprint density at radius 2 is 0.750 bits per heavy atom. The number of rotatable bonds is 1. The fourth-order valence-electron chi connectivity index (χ4n) is 2.92. The van der Waals surface area contributed by atoms with Gasteiger partial charge in [0.15, 0.2) is 0 Å². The van der Waals surface area contributed by atoms with E-state index in [1.54, 1.807) is 0 Å². The zero-order valence-corrected chi connectivity index (χ0v) is 11.1. The molecule has 4 rings (SSSR count). The van der Waals surface area contributed by atoms with Crippen LogP contribution in [0.5, 0.6) is 0 Å². The van der Waals surface area contributed by atoms with E-state index in [2.05, 4.69) is 84.9 Å². The summed E-state index contributed by atoms with van der Waals surface area (Å²) < 4.78 is 0. The molecule has 0 aliphatic heterocycles. The van der Waals surface area contributed by atoms with Crippen molar-refractivity contribution >= 4 is 21.5 Å². The summed E-state index contributed by atoms with van der Waals surface area (Å²) in [4.78, 5) is 0. The van der Waals surface area contributed by atoms with Crippen LogP contribution in [0.25, 0.3) is 32.7 Å². The molecule has 0 bridgehead atoms. The minimum absolute atomic E-state index is 1.29. The van der Waals surface area contributed by atoms with Crippen LogP contribution in [0, 0.1) is 0 Å². The monoisotopic (exact) mass is 254 g/mol. The van der Waals surface area contributed by atoms with Gasteiger partial charge >= 0.3 is 0 Å². The van der Waals surface area contributed by atoms with Gasteiger partial charge in [-0.25, -0.2) is 0 Å². The third-order valence-corrected chi connectivity index (χ3v) is 3.87. The quantitative estimate of drug-likeness (QED) is 0.411. The standard InChI is InChI=1S/C20H14/c1-3-11-17-15(7-1)9-5-13-19(17)20-14-6-10-16-8-2-4-12-18(16)20/h1-14H. The second kappa shape index (κ2) is 4.50. The van der Waals surface area contributed by atoms with Crippen molar-refractivity contribution in [2.45, 2.75) is 0 Å². The Morgan fingerprint density at radius 3 is 1.25 bits per heavy atom. The molecule has 4 aromatic rings. The van der Waals surface area contributed by atoms with Crippen LogP contribution in [0.3, 0.4) is 0 Å². The van der Waals surface area contributed by atoms with Gasteiger partial charge in [-0.1, -0.05) is 84.9 Å². The molecule has 0 aliphatic rings. The molecule has 0 unspecified atom stereocenters.